The Balaban J connectivity index is 2.81. The minimum Gasteiger partial charge on any atom is -0.493 e. The van der Waals surface area contributed by atoms with Crippen molar-refractivity contribution in [3.63, 3.8) is 0 Å². The van der Waals surface area contributed by atoms with Gasteiger partial charge in [0.1, 0.15) is 0 Å². The second-order valence-electron chi connectivity index (χ2n) is 4.20. The summed E-state index contributed by atoms with van der Waals surface area (Å²) in [6.07, 6.45) is 5.18. The summed E-state index contributed by atoms with van der Waals surface area (Å²) in [5, 5.41) is 3.16. The van der Waals surface area contributed by atoms with Gasteiger partial charge in [-0.15, -0.1) is 0 Å². The summed E-state index contributed by atoms with van der Waals surface area (Å²) >= 11 is 0. The SMILES string of the molecule is CCCOc1ccc(/C=C/C(C)NC)cc1OC. The number of ether oxygens (including phenoxy) is 2. The van der Waals surface area contributed by atoms with Crippen LogP contribution in [0.3, 0.4) is 0 Å². The summed E-state index contributed by atoms with van der Waals surface area (Å²) in [5.74, 6) is 1.58. The maximum absolute atomic E-state index is 5.62. The zero-order chi connectivity index (χ0) is 13.4. The highest BCUT2D eigenvalue weighted by Gasteiger charge is 2.04. The lowest BCUT2D eigenvalue weighted by Crippen LogP contribution is -2.17. The predicted molar refractivity (Wildman–Crippen MR) is 76.3 cm³/mol. The first-order chi connectivity index (χ1) is 8.71. The molecule has 3 nitrogen and oxygen atoms in total. The molecule has 0 saturated carbocycles. The van der Waals surface area contributed by atoms with E-state index in [1.807, 2.05) is 25.2 Å². The van der Waals surface area contributed by atoms with Gasteiger partial charge in [0.05, 0.1) is 13.7 Å². The van der Waals surface area contributed by atoms with Gasteiger partial charge < -0.3 is 14.8 Å². The van der Waals surface area contributed by atoms with Crippen LogP contribution in [-0.4, -0.2) is 26.8 Å². The first kappa shape index (κ1) is 14.6. The van der Waals surface area contributed by atoms with Crippen LogP contribution >= 0.6 is 0 Å². The second kappa shape index (κ2) is 7.77. The van der Waals surface area contributed by atoms with Crippen molar-refractivity contribution in [1.29, 1.82) is 0 Å². The van der Waals surface area contributed by atoms with Crippen molar-refractivity contribution in [3.05, 3.63) is 29.8 Å². The largest absolute Gasteiger partial charge is 0.493 e. The third kappa shape index (κ3) is 4.41. The van der Waals surface area contributed by atoms with Crippen LogP contribution in [0.4, 0.5) is 0 Å². The number of benzene rings is 1. The van der Waals surface area contributed by atoms with Gasteiger partial charge in [-0.3, -0.25) is 0 Å². The lowest BCUT2D eigenvalue weighted by atomic mass is 10.1. The van der Waals surface area contributed by atoms with Gasteiger partial charge >= 0.3 is 0 Å². The monoisotopic (exact) mass is 249 g/mol. The minimum absolute atomic E-state index is 0.354. The fraction of sp³-hybridized carbons (Fsp3) is 0.467. The van der Waals surface area contributed by atoms with Gasteiger partial charge in [-0.1, -0.05) is 25.1 Å². The number of rotatable bonds is 7. The van der Waals surface area contributed by atoms with Crippen molar-refractivity contribution >= 4 is 6.08 Å². The molecule has 1 unspecified atom stereocenters. The summed E-state index contributed by atoms with van der Waals surface area (Å²) in [7, 11) is 3.61. The minimum atomic E-state index is 0.354. The van der Waals surface area contributed by atoms with E-state index in [0.29, 0.717) is 12.6 Å². The Labute approximate surface area is 110 Å². The Kier molecular flexibility index (Phi) is 6.29. The molecule has 0 bridgehead atoms. The summed E-state index contributed by atoms with van der Waals surface area (Å²) in [4.78, 5) is 0. The van der Waals surface area contributed by atoms with Crippen LogP contribution in [0.5, 0.6) is 11.5 Å². The van der Waals surface area contributed by atoms with Crippen LogP contribution in [0.2, 0.25) is 0 Å². The van der Waals surface area contributed by atoms with E-state index in [-0.39, 0.29) is 0 Å². The maximum atomic E-state index is 5.62. The molecule has 3 heteroatoms. The molecule has 0 aromatic heterocycles. The van der Waals surface area contributed by atoms with Crippen molar-refractivity contribution in [2.75, 3.05) is 20.8 Å². The van der Waals surface area contributed by atoms with Gasteiger partial charge in [-0.2, -0.15) is 0 Å². The molecule has 0 spiro atoms. The van der Waals surface area contributed by atoms with Crippen LogP contribution in [0.25, 0.3) is 6.08 Å². The lowest BCUT2D eigenvalue weighted by Gasteiger charge is -2.10. The Bertz CT molecular complexity index is 388. The molecule has 1 aromatic carbocycles. The molecule has 1 N–H and O–H groups in total. The van der Waals surface area contributed by atoms with Crippen LogP contribution in [0.15, 0.2) is 24.3 Å². The molecule has 1 aromatic rings. The number of hydrogen-bond donors (Lipinski definition) is 1. The molecule has 0 radical (unpaired) electrons. The Morgan fingerprint density at radius 1 is 1.33 bits per heavy atom. The molecular formula is C15H23NO2. The number of likely N-dealkylation sites (N-methyl/N-ethyl adjacent to an activating group) is 1. The quantitative estimate of drug-likeness (QED) is 0.805. The molecular weight excluding hydrogens is 226 g/mol. The number of methoxy groups -OCH3 is 1. The van der Waals surface area contributed by atoms with Crippen molar-refractivity contribution in [1.82, 2.24) is 5.32 Å². The maximum Gasteiger partial charge on any atom is 0.161 e. The van der Waals surface area contributed by atoms with Crippen molar-refractivity contribution in [2.45, 2.75) is 26.3 Å². The third-order valence-corrected chi connectivity index (χ3v) is 2.68. The summed E-state index contributed by atoms with van der Waals surface area (Å²) in [6.45, 7) is 4.90. The first-order valence-corrected chi connectivity index (χ1v) is 6.37. The van der Waals surface area contributed by atoms with Crippen molar-refractivity contribution < 1.29 is 9.47 Å². The van der Waals surface area contributed by atoms with E-state index in [4.69, 9.17) is 9.47 Å². The molecule has 1 atom stereocenters. The average molecular weight is 249 g/mol. The molecule has 100 valence electrons. The molecule has 0 amide bonds. The van der Waals surface area contributed by atoms with Gasteiger partial charge in [0.25, 0.3) is 0 Å². The highest BCUT2D eigenvalue weighted by atomic mass is 16.5. The summed E-state index contributed by atoms with van der Waals surface area (Å²) < 4.78 is 11.0. The number of hydrogen-bond acceptors (Lipinski definition) is 3. The van der Waals surface area contributed by atoms with Crippen LogP contribution in [0.1, 0.15) is 25.8 Å². The molecule has 1 rings (SSSR count). The van der Waals surface area contributed by atoms with E-state index in [1.54, 1.807) is 7.11 Å². The van der Waals surface area contributed by atoms with Crippen molar-refractivity contribution in [3.8, 4) is 11.5 Å². The van der Waals surface area contributed by atoms with Crippen molar-refractivity contribution in [2.24, 2.45) is 0 Å². The van der Waals surface area contributed by atoms with Gasteiger partial charge in [0.2, 0.25) is 0 Å². The second-order valence-corrected chi connectivity index (χ2v) is 4.20. The third-order valence-electron chi connectivity index (χ3n) is 2.68. The van der Waals surface area contributed by atoms with E-state index >= 15 is 0 Å². The Morgan fingerprint density at radius 3 is 2.72 bits per heavy atom. The fourth-order valence-electron chi connectivity index (χ4n) is 1.47. The van der Waals surface area contributed by atoms with Gasteiger partial charge in [-0.25, -0.2) is 0 Å². The van der Waals surface area contributed by atoms with E-state index in [0.717, 1.165) is 23.5 Å². The molecule has 18 heavy (non-hydrogen) atoms. The molecule has 0 fully saturated rings. The lowest BCUT2D eigenvalue weighted by molar-refractivity contribution is 0.294. The van der Waals surface area contributed by atoms with Gasteiger partial charge in [0.15, 0.2) is 11.5 Å². The topological polar surface area (TPSA) is 30.5 Å². The van der Waals surface area contributed by atoms with E-state index in [9.17, 15) is 0 Å². The molecule has 0 saturated heterocycles. The summed E-state index contributed by atoms with van der Waals surface area (Å²) in [6, 6.07) is 6.33. The molecule has 0 aliphatic rings. The normalized spacial score (nSPS) is 12.7. The smallest absolute Gasteiger partial charge is 0.161 e. The molecule has 0 heterocycles. The fourth-order valence-corrected chi connectivity index (χ4v) is 1.47. The zero-order valence-corrected chi connectivity index (χ0v) is 11.7. The first-order valence-electron chi connectivity index (χ1n) is 6.37. The number of nitrogens with one attached hydrogen (secondary N) is 1. The van der Waals surface area contributed by atoms with Gasteiger partial charge in [0, 0.05) is 6.04 Å². The van der Waals surface area contributed by atoms with E-state index in [1.165, 1.54) is 0 Å². The van der Waals surface area contributed by atoms with Crippen LogP contribution in [0, 0.1) is 0 Å². The van der Waals surface area contributed by atoms with Gasteiger partial charge in [-0.05, 0) is 38.1 Å². The molecule has 0 aliphatic carbocycles. The zero-order valence-electron chi connectivity index (χ0n) is 11.7. The van der Waals surface area contributed by atoms with Crippen LogP contribution in [-0.2, 0) is 0 Å². The standard InChI is InChI=1S/C15H23NO2/c1-5-10-18-14-9-8-13(11-15(14)17-4)7-6-12(2)16-3/h6-9,11-12,16H,5,10H2,1-4H3/b7-6+. The van der Waals surface area contributed by atoms with E-state index in [2.05, 4.69) is 31.3 Å². The summed E-state index contributed by atoms with van der Waals surface area (Å²) in [5.41, 5.74) is 1.11. The molecule has 0 aliphatic heterocycles. The Hall–Kier alpha value is -1.48. The van der Waals surface area contributed by atoms with E-state index < -0.39 is 0 Å². The Morgan fingerprint density at radius 2 is 2.11 bits per heavy atom. The highest BCUT2D eigenvalue weighted by Crippen LogP contribution is 2.28. The average Bonchev–Trinajstić information content (AvgIpc) is 2.42. The predicted octanol–water partition coefficient (Wildman–Crippen LogP) is 3.11. The highest BCUT2D eigenvalue weighted by molar-refractivity contribution is 5.56. The van der Waals surface area contributed by atoms with Crippen LogP contribution < -0.4 is 14.8 Å².